The van der Waals surface area contributed by atoms with E-state index in [1.807, 2.05) is 39.0 Å². The molecular formula is C12H20N2O. The lowest BCUT2D eigenvalue weighted by Crippen LogP contribution is -2.33. The third kappa shape index (κ3) is 3.80. The molecule has 0 fully saturated rings. The highest BCUT2D eigenvalue weighted by atomic mass is 16.5. The number of rotatable bonds is 4. The quantitative estimate of drug-likeness (QED) is 0.745. The number of hydrogen-bond acceptors (Lipinski definition) is 3. The number of ether oxygens (including phenoxy) is 1. The highest BCUT2D eigenvalue weighted by molar-refractivity contribution is 5.53. The third-order valence-electron chi connectivity index (χ3n) is 2.33. The molecule has 0 unspecified atom stereocenters. The van der Waals surface area contributed by atoms with Crippen molar-refractivity contribution in [2.45, 2.75) is 32.7 Å². The molecule has 0 aliphatic rings. The monoisotopic (exact) mass is 208 g/mol. The second-order valence-electron chi connectivity index (χ2n) is 4.56. The lowest BCUT2D eigenvalue weighted by atomic mass is 10.0. The van der Waals surface area contributed by atoms with E-state index in [0.717, 1.165) is 23.4 Å². The van der Waals surface area contributed by atoms with Crippen molar-refractivity contribution in [1.82, 2.24) is 0 Å². The summed E-state index contributed by atoms with van der Waals surface area (Å²) in [6.07, 6.45) is 0.821. The topological polar surface area (TPSA) is 61.3 Å². The highest BCUT2D eigenvalue weighted by Gasteiger charge is 2.10. The Kier molecular flexibility index (Phi) is 3.58. The molecule has 0 aliphatic carbocycles. The van der Waals surface area contributed by atoms with Crippen LogP contribution in [0.2, 0.25) is 0 Å². The summed E-state index contributed by atoms with van der Waals surface area (Å²) in [5.41, 5.74) is 13.2. The van der Waals surface area contributed by atoms with Gasteiger partial charge in [0.1, 0.15) is 5.75 Å². The summed E-state index contributed by atoms with van der Waals surface area (Å²) in [6.45, 7) is 6.55. The second-order valence-corrected chi connectivity index (χ2v) is 4.56. The lowest BCUT2D eigenvalue weighted by Gasteiger charge is -2.19. The van der Waals surface area contributed by atoms with Gasteiger partial charge < -0.3 is 16.2 Å². The van der Waals surface area contributed by atoms with E-state index in [0.29, 0.717) is 6.61 Å². The molecule has 0 saturated heterocycles. The summed E-state index contributed by atoms with van der Waals surface area (Å²) < 4.78 is 5.63. The Morgan fingerprint density at radius 3 is 2.60 bits per heavy atom. The summed E-state index contributed by atoms with van der Waals surface area (Å²) in [5, 5.41) is 0. The Hall–Kier alpha value is -1.22. The van der Waals surface area contributed by atoms with Gasteiger partial charge in [0.15, 0.2) is 0 Å². The normalized spacial score (nSPS) is 11.5. The summed E-state index contributed by atoms with van der Waals surface area (Å²) >= 11 is 0. The van der Waals surface area contributed by atoms with Crippen molar-refractivity contribution in [3.05, 3.63) is 23.8 Å². The molecule has 3 nitrogen and oxygen atoms in total. The van der Waals surface area contributed by atoms with Crippen molar-refractivity contribution in [3.8, 4) is 5.75 Å². The fraction of sp³-hybridized carbons (Fsp3) is 0.500. The molecule has 1 aromatic carbocycles. The van der Waals surface area contributed by atoms with Crippen molar-refractivity contribution in [3.63, 3.8) is 0 Å². The fourth-order valence-electron chi connectivity index (χ4n) is 1.21. The van der Waals surface area contributed by atoms with Crippen LogP contribution >= 0.6 is 0 Å². The number of benzene rings is 1. The molecule has 0 radical (unpaired) electrons. The molecule has 1 aromatic rings. The minimum absolute atomic E-state index is 0.186. The van der Waals surface area contributed by atoms with Gasteiger partial charge in [-0.3, -0.25) is 0 Å². The van der Waals surface area contributed by atoms with E-state index in [-0.39, 0.29) is 5.54 Å². The Labute approximate surface area is 91.4 Å². The van der Waals surface area contributed by atoms with Gasteiger partial charge in [0.2, 0.25) is 0 Å². The van der Waals surface area contributed by atoms with E-state index in [1.165, 1.54) is 0 Å². The van der Waals surface area contributed by atoms with Crippen LogP contribution in [-0.2, 0) is 0 Å². The van der Waals surface area contributed by atoms with Gasteiger partial charge in [0.25, 0.3) is 0 Å². The maximum atomic E-state index is 5.86. The predicted octanol–water partition coefficient (Wildman–Crippen LogP) is 2.08. The summed E-state index contributed by atoms with van der Waals surface area (Å²) in [4.78, 5) is 0. The van der Waals surface area contributed by atoms with Gasteiger partial charge in [0.05, 0.1) is 6.61 Å². The Morgan fingerprint density at radius 2 is 2.00 bits per heavy atom. The minimum atomic E-state index is -0.186. The molecule has 1 rings (SSSR count). The Balaban J connectivity index is 2.55. The van der Waals surface area contributed by atoms with Crippen LogP contribution < -0.4 is 16.2 Å². The van der Waals surface area contributed by atoms with Crippen molar-refractivity contribution >= 4 is 5.69 Å². The van der Waals surface area contributed by atoms with Gasteiger partial charge in [-0.25, -0.2) is 0 Å². The first-order valence-electron chi connectivity index (χ1n) is 5.17. The van der Waals surface area contributed by atoms with Gasteiger partial charge >= 0.3 is 0 Å². The van der Waals surface area contributed by atoms with Crippen LogP contribution in [0.25, 0.3) is 0 Å². The van der Waals surface area contributed by atoms with Crippen molar-refractivity contribution in [1.29, 1.82) is 0 Å². The van der Waals surface area contributed by atoms with E-state index >= 15 is 0 Å². The molecule has 0 atom stereocenters. The third-order valence-corrected chi connectivity index (χ3v) is 2.33. The van der Waals surface area contributed by atoms with Crippen LogP contribution in [0.4, 0.5) is 5.69 Å². The molecule has 0 heterocycles. The number of anilines is 1. The molecule has 0 bridgehead atoms. The molecule has 3 heteroatoms. The molecule has 0 saturated carbocycles. The van der Waals surface area contributed by atoms with E-state index in [4.69, 9.17) is 16.2 Å². The molecule has 84 valence electrons. The number of nitrogens with two attached hydrogens (primary N) is 2. The summed E-state index contributed by atoms with van der Waals surface area (Å²) in [7, 11) is 0. The number of nitrogen functional groups attached to an aromatic ring is 1. The first-order valence-corrected chi connectivity index (χ1v) is 5.17. The smallest absolute Gasteiger partial charge is 0.124 e. The van der Waals surface area contributed by atoms with Crippen LogP contribution in [0.3, 0.4) is 0 Å². The molecule has 4 N–H and O–H groups in total. The van der Waals surface area contributed by atoms with Crippen molar-refractivity contribution in [2.24, 2.45) is 5.73 Å². The van der Waals surface area contributed by atoms with Crippen molar-refractivity contribution in [2.75, 3.05) is 12.3 Å². The van der Waals surface area contributed by atoms with Crippen LogP contribution in [0, 0.1) is 6.92 Å². The predicted molar refractivity (Wildman–Crippen MR) is 64.0 cm³/mol. The van der Waals surface area contributed by atoms with E-state index in [9.17, 15) is 0 Å². The fourth-order valence-corrected chi connectivity index (χ4v) is 1.21. The van der Waals surface area contributed by atoms with E-state index in [1.54, 1.807) is 0 Å². The molecule has 0 aromatic heterocycles. The average Bonchev–Trinajstić information content (AvgIpc) is 2.10. The Morgan fingerprint density at radius 1 is 1.33 bits per heavy atom. The van der Waals surface area contributed by atoms with Gasteiger partial charge in [0, 0.05) is 16.8 Å². The summed E-state index contributed by atoms with van der Waals surface area (Å²) in [5.74, 6) is 0.847. The highest BCUT2D eigenvalue weighted by Crippen LogP contribution is 2.23. The van der Waals surface area contributed by atoms with Crippen molar-refractivity contribution < 1.29 is 4.74 Å². The first kappa shape index (κ1) is 11.9. The van der Waals surface area contributed by atoms with E-state index in [2.05, 4.69) is 0 Å². The summed E-state index contributed by atoms with van der Waals surface area (Å²) in [6, 6.07) is 5.69. The SMILES string of the molecule is Cc1c(N)cccc1OCCC(C)(C)N. The zero-order chi connectivity index (χ0) is 11.5. The number of hydrogen-bond donors (Lipinski definition) is 2. The first-order chi connectivity index (χ1) is 6.90. The molecule has 15 heavy (non-hydrogen) atoms. The molecule has 0 spiro atoms. The molecule has 0 aliphatic heterocycles. The van der Waals surface area contributed by atoms with E-state index < -0.39 is 0 Å². The zero-order valence-corrected chi connectivity index (χ0v) is 9.71. The van der Waals surface area contributed by atoms with Crippen LogP contribution in [-0.4, -0.2) is 12.1 Å². The van der Waals surface area contributed by atoms with Gasteiger partial charge in [-0.15, -0.1) is 0 Å². The van der Waals surface area contributed by atoms with Gasteiger partial charge in [-0.2, -0.15) is 0 Å². The second kappa shape index (κ2) is 4.53. The maximum Gasteiger partial charge on any atom is 0.124 e. The van der Waals surface area contributed by atoms with Gasteiger partial charge in [-0.05, 0) is 39.3 Å². The Bertz CT molecular complexity index is 329. The minimum Gasteiger partial charge on any atom is -0.493 e. The van der Waals surface area contributed by atoms with Crippen LogP contribution in [0.5, 0.6) is 5.75 Å². The van der Waals surface area contributed by atoms with Gasteiger partial charge in [-0.1, -0.05) is 6.07 Å². The maximum absolute atomic E-state index is 5.86. The standard InChI is InChI=1S/C12H20N2O/c1-9-10(13)5-4-6-11(9)15-8-7-12(2,3)14/h4-6H,7-8,13-14H2,1-3H3. The lowest BCUT2D eigenvalue weighted by molar-refractivity contribution is 0.273. The molecule has 0 amide bonds. The molecular weight excluding hydrogens is 188 g/mol. The largest absolute Gasteiger partial charge is 0.493 e. The zero-order valence-electron chi connectivity index (χ0n) is 9.71. The van der Waals surface area contributed by atoms with Crippen LogP contribution in [0.1, 0.15) is 25.8 Å². The average molecular weight is 208 g/mol. The van der Waals surface area contributed by atoms with Crippen LogP contribution in [0.15, 0.2) is 18.2 Å².